The summed E-state index contributed by atoms with van der Waals surface area (Å²) in [5.74, 6) is -2.81. The average Bonchev–Trinajstić information content (AvgIpc) is 2.25. The minimum absolute atomic E-state index is 0.00772. The fourth-order valence-electron chi connectivity index (χ4n) is 1.72. The smallest absolute Gasteiger partial charge is 0.276 e. The molecule has 4 heteroatoms. The Bertz CT molecular complexity index is 352. The number of nitrogens with one attached hydrogen (secondary N) is 1. The third-order valence-corrected chi connectivity index (χ3v) is 2.71. The highest BCUT2D eigenvalue weighted by Crippen LogP contribution is 2.39. The SMILES string of the molecule is FC1(F)CCNCc2cccc(Cl)c21. The van der Waals surface area contributed by atoms with Crippen molar-refractivity contribution in [3.63, 3.8) is 0 Å². The van der Waals surface area contributed by atoms with Gasteiger partial charge in [0.05, 0.1) is 5.02 Å². The molecule has 0 atom stereocenters. The van der Waals surface area contributed by atoms with Crippen molar-refractivity contribution >= 4 is 11.6 Å². The van der Waals surface area contributed by atoms with E-state index in [0.717, 1.165) is 0 Å². The van der Waals surface area contributed by atoms with Crippen LogP contribution >= 0.6 is 11.6 Å². The number of fused-ring (bicyclic) bond motifs is 1. The van der Waals surface area contributed by atoms with E-state index in [0.29, 0.717) is 18.7 Å². The van der Waals surface area contributed by atoms with Crippen LogP contribution in [0, 0.1) is 0 Å². The normalized spacial score (nSPS) is 19.9. The van der Waals surface area contributed by atoms with Gasteiger partial charge in [-0.15, -0.1) is 0 Å². The third-order valence-electron chi connectivity index (χ3n) is 2.40. The third kappa shape index (κ3) is 1.62. The predicted molar refractivity (Wildman–Crippen MR) is 51.7 cm³/mol. The molecule has 0 spiro atoms. The van der Waals surface area contributed by atoms with E-state index in [1.807, 2.05) is 0 Å². The Morgan fingerprint density at radius 1 is 1.36 bits per heavy atom. The van der Waals surface area contributed by atoms with E-state index in [-0.39, 0.29) is 17.0 Å². The van der Waals surface area contributed by atoms with E-state index in [1.54, 1.807) is 12.1 Å². The van der Waals surface area contributed by atoms with Crippen LogP contribution < -0.4 is 5.32 Å². The maximum absolute atomic E-state index is 13.6. The molecule has 14 heavy (non-hydrogen) atoms. The van der Waals surface area contributed by atoms with E-state index in [9.17, 15) is 8.78 Å². The van der Waals surface area contributed by atoms with Crippen molar-refractivity contribution in [2.75, 3.05) is 6.54 Å². The maximum atomic E-state index is 13.6. The fraction of sp³-hybridized carbons (Fsp3) is 0.400. The number of hydrogen-bond donors (Lipinski definition) is 1. The largest absolute Gasteiger partial charge is 0.312 e. The Hall–Kier alpha value is -0.670. The Balaban J connectivity index is 2.58. The zero-order chi connectivity index (χ0) is 10.2. The molecule has 1 N–H and O–H groups in total. The summed E-state index contributed by atoms with van der Waals surface area (Å²) in [7, 11) is 0. The van der Waals surface area contributed by atoms with Crippen LogP contribution in [0.25, 0.3) is 0 Å². The number of rotatable bonds is 0. The van der Waals surface area contributed by atoms with E-state index < -0.39 is 5.92 Å². The van der Waals surface area contributed by atoms with Crippen LogP contribution in [0.15, 0.2) is 18.2 Å². The van der Waals surface area contributed by atoms with Gasteiger partial charge in [0.1, 0.15) is 0 Å². The van der Waals surface area contributed by atoms with Gasteiger partial charge in [0.15, 0.2) is 0 Å². The van der Waals surface area contributed by atoms with Crippen LogP contribution in [0.2, 0.25) is 5.02 Å². The molecule has 0 radical (unpaired) electrons. The Labute approximate surface area is 86.1 Å². The Morgan fingerprint density at radius 3 is 2.93 bits per heavy atom. The van der Waals surface area contributed by atoms with Crippen molar-refractivity contribution in [3.8, 4) is 0 Å². The van der Waals surface area contributed by atoms with Crippen molar-refractivity contribution in [2.24, 2.45) is 0 Å². The first-order valence-electron chi connectivity index (χ1n) is 4.48. The first-order valence-corrected chi connectivity index (χ1v) is 4.85. The molecule has 0 amide bonds. The second-order valence-electron chi connectivity index (χ2n) is 3.41. The van der Waals surface area contributed by atoms with Gasteiger partial charge in [-0.1, -0.05) is 23.7 Å². The molecule has 1 aromatic carbocycles. The first kappa shape index (κ1) is 9.87. The van der Waals surface area contributed by atoms with Gasteiger partial charge in [0, 0.05) is 25.1 Å². The predicted octanol–water partition coefficient (Wildman–Crippen LogP) is 2.93. The highest BCUT2D eigenvalue weighted by Gasteiger charge is 2.36. The van der Waals surface area contributed by atoms with Crippen molar-refractivity contribution in [3.05, 3.63) is 34.3 Å². The van der Waals surface area contributed by atoms with Gasteiger partial charge in [-0.05, 0) is 11.6 Å². The fourth-order valence-corrected chi connectivity index (χ4v) is 2.05. The highest BCUT2D eigenvalue weighted by molar-refractivity contribution is 6.31. The van der Waals surface area contributed by atoms with E-state index in [1.165, 1.54) is 6.07 Å². The van der Waals surface area contributed by atoms with Crippen LogP contribution in [-0.4, -0.2) is 6.54 Å². The number of halogens is 3. The lowest BCUT2D eigenvalue weighted by Crippen LogP contribution is -2.17. The first-order chi connectivity index (χ1) is 6.61. The molecule has 0 saturated heterocycles. The zero-order valence-corrected chi connectivity index (χ0v) is 8.24. The van der Waals surface area contributed by atoms with Gasteiger partial charge < -0.3 is 5.32 Å². The van der Waals surface area contributed by atoms with Crippen molar-refractivity contribution in [1.82, 2.24) is 5.32 Å². The standard InChI is InChI=1S/C10H10ClF2N/c11-8-3-1-2-7-6-14-5-4-10(12,13)9(7)8/h1-3,14H,4-6H2. The summed E-state index contributed by atoms with van der Waals surface area (Å²) < 4.78 is 27.2. The van der Waals surface area contributed by atoms with E-state index >= 15 is 0 Å². The maximum Gasteiger partial charge on any atom is 0.276 e. The summed E-state index contributed by atoms with van der Waals surface area (Å²) >= 11 is 5.79. The molecule has 0 aliphatic carbocycles. The summed E-state index contributed by atoms with van der Waals surface area (Å²) in [6.45, 7) is 0.781. The molecule has 0 unspecified atom stereocenters. The number of alkyl halides is 2. The second kappa shape index (κ2) is 3.48. The summed E-state index contributed by atoms with van der Waals surface area (Å²) in [6.07, 6.45) is -0.191. The summed E-state index contributed by atoms with van der Waals surface area (Å²) in [4.78, 5) is 0. The molecule has 1 aromatic rings. The molecule has 1 nitrogen and oxygen atoms in total. The van der Waals surface area contributed by atoms with E-state index in [4.69, 9.17) is 11.6 Å². The molecule has 0 bridgehead atoms. The Kier molecular flexibility index (Phi) is 2.45. The topological polar surface area (TPSA) is 12.0 Å². The van der Waals surface area contributed by atoms with Crippen molar-refractivity contribution in [1.29, 1.82) is 0 Å². The monoisotopic (exact) mass is 217 g/mol. The summed E-state index contributed by atoms with van der Waals surface area (Å²) in [5, 5.41) is 3.11. The highest BCUT2D eigenvalue weighted by atomic mass is 35.5. The lowest BCUT2D eigenvalue weighted by Gasteiger charge is -2.17. The van der Waals surface area contributed by atoms with Gasteiger partial charge in [-0.2, -0.15) is 0 Å². The van der Waals surface area contributed by atoms with Crippen LogP contribution in [0.1, 0.15) is 17.5 Å². The Morgan fingerprint density at radius 2 is 2.14 bits per heavy atom. The van der Waals surface area contributed by atoms with Crippen molar-refractivity contribution in [2.45, 2.75) is 18.9 Å². The van der Waals surface area contributed by atoms with Gasteiger partial charge >= 0.3 is 0 Å². The second-order valence-corrected chi connectivity index (χ2v) is 3.81. The molecule has 1 aliphatic heterocycles. The number of benzene rings is 1. The lowest BCUT2D eigenvalue weighted by molar-refractivity contribution is -0.0105. The molecule has 0 saturated carbocycles. The van der Waals surface area contributed by atoms with Gasteiger partial charge in [-0.3, -0.25) is 0 Å². The molecular weight excluding hydrogens is 208 g/mol. The van der Waals surface area contributed by atoms with E-state index in [2.05, 4.69) is 5.32 Å². The minimum atomic E-state index is -2.81. The molecule has 1 aliphatic rings. The summed E-state index contributed by atoms with van der Waals surface area (Å²) in [5.41, 5.74) is 0.590. The summed E-state index contributed by atoms with van der Waals surface area (Å²) in [6, 6.07) is 4.90. The molecule has 1 heterocycles. The van der Waals surface area contributed by atoms with Crippen LogP contribution in [0.4, 0.5) is 8.78 Å². The molecule has 0 aromatic heterocycles. The van der Waals surface area contributed by atoms with Gasteiger partial charge in [-0.25, -0.2) is 8.78 Å². The van der Waals surface area contributed by atoms with Gasteiger partial charge in [0.25, 0.3) is 5.92 Å². The molecule has 0 fully saturated rings. The van der Waals surface area contributed by atoms with Crippen LogP contribution in [0.5, 0.6) is 0 Å². The van der Waals surface area contributed by atoms with Gasteiger partial charge in [0.2, 0.25) is 0 Å². The quantitative estimate of drug-likeness (QED) is 0.705. The minimum Gasteiger partial charge on any atom is -0.312 e. The molecular formula is C10H10ClF2N. The van der Waals surface area contributed by atoms with Crippen LogP contribution in [-0.2, 0) is 12.5 Å². The molecule has 76 valence electrons. The lowest BCUT2D eigenvalue weighted by atomic mass is 10.0. The average molecular weight is 218 g/mol. The van der Waals surface area contributed by atoms with Crippen molar-refractivity contribution < 1.29 is 8.78 Å². The number of hydrogen-bond acceptors (Lipinski definition) is 1. The zero-order valence-electron chi connectivity index (χ0n) is 7.49. The van der Waals surface area contributed by atoms with Crippen LogP contribution in [0.3, 0.4) is 0 Å². The molecule has 2 rings (SSSR count).